The number of alkyl halides is 2. The highest BCUT2D eigenvalue weighted by molar-refractivity contribution is 7.86. The summed E-state index contributed by atoms with van der Waals surface area (Å²) < 4.78 is 62.5. The Morgan fingerprint density at radius 2 is 1.95 bits per heavy atom. The zero-order chi connectivity index (χ0) is 15.3. The Hall–Kier alpha value is -1.55. The fraction of sp³-hybridized carbons (Fsp3) is 0.556. The van der Waals surface area contributed by atoms with Crippen molar-refractivity contribution in [2.75, 3.05) is 13.2 Å². The lowest BCUT2D eigenvalue weighted by Crippen LogP contribution is -2.36. The van der Waals surface area contributed by atoms with Crippen molar-refractivity contribution in [3.63, 3.8) is 0 Å². The first kappa shape index (κ1) is 17.4. The molecule has 1 N–H and O–H groups in total. The number of carbonyl (C=O) groups excluding carboxylic acids is 2. The van der Waals surface area contributed by atoms with E-state index in [1.54, 1.807) is 0 Å². The van der Waals surface area contributed by atoms with Gasteiger partial charge in [-0.1, -0.05) is 6.58 Å². The van der Waals surface area contributed by atoms with Crippen molar-refractivity contribution in [3.8, 4) is 0 Å². The third-order valence-electron chi connectivity index (χ3n) is 1.80. The summed E-state index contributed by atoms with van der Waals surface area (Å²) in [5.41, 5.74) is 0. The van der Waals surface area contributed by atoms with Crippen molar-refractivity contribution >= 4 is 22.1 Å². The normalized spacial score (nSPS) is 13.5. The topological polar surface area (TPSA) is 107 Å². The molecule has 0 rings (SSSR count). The Kier molecular flexibility index (Phi) is 6.03. The van der Waals surface area contributed by atoms with Gasteiger partial charge >= 0.3 is 27.3 Å². The number of carbonyl (C=O) groups is 2. The largest absolute Gasteiger partial charge is 0.462 e. The molecule has 110 valence electrons. The lowest BCUT2D eigenvalue weighted by molar-refractivity contribution is -0.157. The monoisotopic (exact) mass is 302 g/mol. The van der Waals surface area contributed by atoms with Crippen LogP contribution in [0.2, 0.25) is 0 Å². The molecule has 0 aliphatic heterocycles. The Morgan fingerprint density at radius 1 is 1.42 bits per heavy atom. The maximum Gasteiger partial charge on any atom is 0.402 e. The Labute approximate surface area is 107 Å². The number of rotatable bonds is 7. The number of ether oxygens (including phenoxy) is 2. The fourth-order valence-corrected chi connectivity index (χ4v) is 0.914. The van der Waals surface area contributed by atoms with Gasteiger partial charge in [0.2, 0.25) is 0 Å². The van der Waals surface area contributed by atoms with E-state index >= 15 is 0 Å². The van der Waals surface area contributed by atoms with E-state index in [2.05, 4.69) is 16.1 Å². The van der Waals surface area contributed by atoms with Gasteiger partial charge in [0, 0.05) is 6.08 Å². The van der Waals surface area contributed by atoms with Crippen LogP contribution in [0.1, 0.15) is 6.92 Å². The maximum absolute atomic E-state index is 12.7. The zero-order valence-corrected chi connectivity index (χ0v) is 10.7. The van der Waals surface area contributed by atoms with Crippen LogP contribution >= 0.6 is 0 Å². The third-order valence-corrected chi connectivity index (χ3v) is 2.68. The van der Waals surface area contributed by atoms with Crippen LogP contribution < -0.4 is 0 Å². The van der Waals surface area contributed by atoms with Crippen molar-refractivity contribution in [1.29, 1.82) is 0 Å². The zero-order valence-electron chi connectivity index (χ0n) is 9.84. The minimum absolute atomic E-state index is 0.443. The van der Waals surface area contributed by atoms with Crippen molar-refractivity contribution in [1.82, 2.24) is 0 Å². The van der Waals surface area contributed by atoms with Gasteiger partial charge in [0.25, 0.3) is 0 Å². The maximum atomic E-state index is 12.7. The van der Waals surface area contributed by atoms with Gasteiger partial charge in [-0.05, 0) is 6.92 Å². The highest BCUT2D eigenvalue weighted by atomic mass is 32.2. The quantitative estimate of drug-likeness (QED) is 0.411. The van der Waals surface area contributed by atoms with Gasteiger partial charge in [0.05, 0.1) is 5.92 Å². The first-order valence-corrected chi connectivity index (χ1v) is 6.26. The molecule has 7 nitrogen and oxygen atoms in total. The Bertz CT molecular complexity index is 457. The van der Waals surface area contributed by atoms with Crippen LogP contribution in [-0.2, 0) is 29.2 Å². The standard InChI is InChI=1S/C9H12F2O7S/c1-3-7(12)17-4-6(2)8(13)18-5-9(10,11)19(14,15)16/h3,6H,1,4-5H2,2H3,(H,14,15,16). The molecule has 0 spiro atoms. The van der Waals surface area contributed by atoms with Crippen LogP contribution in [0.15, 0.2) is 12.7 Å². The molecular formula is C9H12F2O7S. The number of hydrogen-bond acceptors (Lipinski definition) is 6. The SMILES string of the molecule is C=CC(=O)OCC(C)C(=O)OCC(F)(F)S(=O)(=O)O. The Morgan fingerprint density at radius 3 is 2.37 bits per heavy atom. The first-order valence-electron chi connectivity index (χ1n) is 4.82. The molecule has 0 aliphatic carbocycles. The van der Waals surface area contributed by atoms with E-state index in [1.807, 2.05) is 0 Å². The van der Waals surface area contributed by atoms with E-state index in [9.17, 15) is 26.8 Å². The van der Waals surface area contributed by atoms with E-state index in [1.165, 1.54) is 6.92 Å². The van der Waals surface area contributed by atoms with Crippen LogP contribution in [-0.4, -0.2) is 43.4 Å². The van der Waals surface area contributed by atoms with Gasteiger partial charge in [-0.2, -0.15) is 17.2 Å². The summed E-state index contributed by atoms with van der Waals surface area (Å²) in [5.74, 6) is -3.11. The predicted octanol–water partition coefficient (Wildman–Crippen LogP) is 0.375. The average Bonchev–Trinajstić information content (AvgIpc) is 2.30. The van der Waals surface area contributed by atoms with Crippen LogP contribution in [0.5, 0.6) is 0 Å². The second kappa shape index (κ2) is 6.57. The van der Waals surface area contributed by atoms with Crippen LogP contribution in [0, 0.1) is 5.92 Å². The third kappa shape index (κ3) is 5.75. The number of esters is 2. The fourth-order valence-electron chi connectivity index (χ4n) is 0.706. The highest BCUT2D eigenvalue weighted by Crippen LogP contribution is 2.21. The van der Waals surface area contributed by atoms with Crippen LogP contribution in [0.3, 0.4) is 0 Å². The molecule has 10 heteroatoms. The molecule has 0 aliphatic rings. The molecule has 0 fully saturated rings. The molecule has 0 aromatic carbocycles. The van der Waals surface area contributed by atoms with Gasteiger partial charge in [-0.15, -0.1) is 0 Å². The number of halogens is 2. The predicted molar refractivity (Wildman–Crippen MR) is 57.8 cm³/mol. The lowest BCUT2D eigenvalue weighted by atomic mass is 10.2. The van der Waals surface area contributed by atoms with E-state index in [-0.39, 0.29) is 0 Å². The van der Waals surface area contributed by atoms with Gasteiger partial charge in [0.15, 0.2) is 6.61 Å². The smallest absolute Gasteiger partial charge is 0.402 e. The summed E-state index contributed by atoms with van der Waals surface area (Å²) in [6, 6.07) is 0. The molecule has 0 amide bonds. The molecule has 1 unspecified atom stereocenters. The number of hydrogen-bond donors (Lipinski definition) is 1. The Balaban J connectivity index is 4.32. The molecular weight excluding hydrogens is 290 g/mol. The molecule has 0 bridgehead atoms. The van der Waals surface area contributed by atoms with E-state index in [0.29, 0.717) is 0 Å². The molecule has 0 radical (unpaired) electrons. The summed E-state index contributed by atoms with van der Waals surface area (Å²) in [6.07, 6.45) is 0.838. The molecule has 0 saturated heterocycles. The first-order chi connectivity index (χ1) is 8.51. The summed E-state index contributed by atoms with van der Waals surface area (Å²) in [7, 11) is -5.66. The van der Waals surface area contributed by atoms with Crippen molar-refractivity contribution in [2.24, 2.45) is 5.92 Å². The minimum atomic E-state index is -5.66. The van der Waals surface area contributed by atoms with E-state index < -0.39 is 46.4 Å². The molecule has 0 aromatic heterocycles. The van der Waals surface area contributed by atoms with Gasteiger partial charge in [-0.25, -0.2) is 4.79 Å². The van der Waals surface area contributed by atoms with Crippen molar-refractivity contribution in [3.05, 3.63) is 12.7 Å². The van der Waals surface area contributed by atoms with Gasteiger partial charge in [-0.3, -0.25) is 9.35 Å². The van der Waals surface area contributed by atoms with Crippen molar-refractivity contribution < 1.29 is 40.8 Å². The van der Waals surface area contributed by atoms with E-state index in [4.69, 9.17) is 4.55 Å². The molecule has 0 saturated carbocycles. The second-order valence-corrected chi connectivity index (χ2v) is 5.00. The summed E-state index contributed by atoms with van der Waals surface area (Å²) >= 11 is 0. The molecule has 0 aromatic rings. The minimum Gasteiger partial charge on any atom is -0.462 e. The van der Waals surface area contributed by atoms with Gasteiger partial charge in [0.1, 0.15) is 6.61 Å². The molecule has 19 heavy (non-hydrogen) atoms. The molecule has 0 heterocycles. The van der Waals surface area contributed by atoms with Crippen molar-refractivity contribution in [2.45, 2.75) is 12.2 Å². The average molecular weight is 302 g/mol. The highest BCUT2D eigenvalue weighted by Gasteiger charge is 2.45. The summed E-state index contributed by atoms with van der Waals surface area (Å²) in [4.78, 5) is 21.8. The summed E-state index contributed by atoms with van der Waals surface area (Å²) in [5, 5.41) is -4.60. The van der Waals surface area contributed by atoms with Crippen LogP contribution in [0.4, 0.5) is 8.78 Å². The second-order valence-electron chi connectivity index (χ2n) is 3.46. The molecule has 1 atom stereocenters. The lowest BCUT2D eigenvalue weighted by Gasteiger charge is -2.15. The van der Waals surface area contributed by atoms with Crippen LogP contribution in [0.25, 0.3) is 0 Å². The van der Waals surface area contributed by atoms with Gasteiger partial charge < -0.3 is 9.47 Å². The summed E-state index contributed by atoms with van der Waals surface area (Å²) in [6.45, 7) is 2.04. The van der Waals surface area contributed by atoms with E-state index in [0.717, 1.165) is 6.08 Å².